The third kappa shape index (κ3) is 2.58. The van der Waals surface area contributed by atoms with Gasteiger partial charge in [0.25, 0.3) is 0 Å². The molecule has 0 spiro atoms. The molecule has 3 aromatic rings. The van der Waals surface area contributed by atoms with E-state index in [2.05, 4.69) is 31.2 Å². The second kappa shape index (κ2) is 5.46. The average Bonchev–Trinajstić information content (AvgIpc) is 2.48. The Morgan fingerprint density at radius 1 is 1.10 bits per heavy atom. The number of rotatable bonds is 3. The van der Waals surface area contributed by atoms with Gasteiger partial charge in [0, 0.05) is 21.6 Å². The van der Waals surface area contributed by atoms with Crippen molar-refractivity contribution in [1.29, 1.82) is 0 Å². The van der Waals surface area contributed by atoms with E-state index in [1.165, 1.54) is 0 Å². The van der Waals surface area contributed by atoms with Crippen LogP contribution < -0.4 is 10.1 Å². The molecule has 4 nitrogen and oxygen atoms in total. The summed E-state index contributed by atoms with van der Waals surface area (Å²) in [5.41, 5.74) is 1.82. The third-order valence-electron chi connectivity index (χ3n) is 2.93. The Balaban J connectivity index is 2.03. The van der Waals surface area contributed by atoms with Crippen molar-refractivity contribution < 1.29 is 4.74 Å². The number of fused-ring (bicyclic) bond motifs is 1. The van der Waals surface area contributed by atoms with Crippen LogP contribution >= 0.6 is 15.9 Å². The molecule has 100 valence electrons. The van der Waals surface area contributed by atoms with Crippen LogP contribution in [0.4, 0.5) is 11.5 Å². The van der Waals surface area contributed by atoms with Crippen LogP contribution in [0.1, 0.15) is 0 Å². The number of nitrogens with zero attached hydrogens (tertiary/aromatic N) is 2. The summed E-state index contributed by atoms with van der Waals surface area (Å²) in [5.74, 6) is 1.57. The van der Waals surface area contributed by atoms with E-state index in [4.69, 9.17) is 4.74 Å². The second-order valence-electron chi connectivity index (χ2n) is 4.24. The van der Waals surface area contributed by atoms with Gasteiger partial charge in [0.1, 0.15) is 17.9 Å². The van der Waals surface area contributed by atoms with Crippen LogP contribution in [-0.2, 0) is 0 Å². The van der Waals surface area contributed by atoms with Gasteiger partial charge in [-0.1, -0.05) is 22.0 Å². The van der Waals surface area contributed by atoms with E-state index >= 15 is 0 Å². The number of nitrogens with one attached hydrogen (secondary N) is 1. The number of anilines is 2. The lowest BCUT2D eigenvalue weighted by molar-refractivity contribution is 0.415. The first-order valence-electron chi connectivity index (χ1n) is 6.07. The smallest absolute Gasteiger partial charge is 0.141 e. The number of hydrogen-bond acceptors (Lipinski definition) is 4. The summed E-state index contributed by atoms with van der Waals surface area (Å²) in [5, 5.41) is 4.26. The fourth-order valence-electron chi connectivity index (χ4n) is 1.97. The van der Waals surface area contributed by atoms with Gasteiger partial charge in [-0.3, -0.25) is 0 Å². The normalized spacial score (nSPS) is 10.5. The molecule has 2 aromatic carbocycles. The van der Waals surface area contributed by atoms with Crippen molar-refractivity contribution in [2.75, 3.05) is 12.4 Å². The van der Waals surface area contributed by atoms with Gasteiger partial charge >= 0.3 is 0 Å². The van der Waals surface area contributed by atoms with Crippen LogP contribution in [0.25, 0.3) is 10.9 Å². The molecule has 1 N–H and O–H groups in total. The highest BCUT2D eigenvalue weighted by molar-refractivity contribution is 9.10. The fraction of sp³-hybridized carbons (Fsp3) is 0.0667. The van der Waals surface area contributed by atoms with Crippen LogP contribution in [-0.4, -0.2) is 17.1 Å². The van der Waals surface area contributed by atoms with Gasteiger partial charge in [-0.2, -0.15) is 0 Å². The van der Waals surface area contributed by atoms with Crippen LogP contribution in [0.2, 0.25) is 0 Å². The molecule has 0 radical (unpaired) electrons. The zero-order valence-corrected chi connectivity index (χ0v) is 12.4. The molecule has 0 aliphatic heterocycles. The van der Waals surface area contributed by atoms with Crippen LogP contribution in [0.3, 0.4) is 0 Å². The van der Waals surface area contributed by atoms with E-state index in [-0.39, 0.29) is 0 Å². The first kappa shape index (κ1) is 12.9. The van der Waals surface area contributed by atoms with Gasteiger partial charge in [-0.15, -0.1) is 0 Å². The Bertz CT molecular complexity index is 761. The lowest BCUT2D eigenvalue weighted by Gasteiger charge is -2.09. The Morgan fingerprint density at radius 3 is 2.85 bits per heavy atom. The highest BCUT2D eigenvalue weighted by Crippen LogP contribution is 2.27. The molecule has 20 heavy (non-hydrogen) atoms. The molecular weight excluding hydrogens is 318 g/mol. The summed E-state index contributed by atoms with van der Waals surface area (Å²) in [6.45, 7) is 0. The molecule has 0 amide bonds. The van der Waals surface area contributed by atoms with Gasteiger partial charge in [0.05, 0.1) is 12.6 Å². The quantitative estimate of drug-likeness (QED) is 0.784. The maximum atomic E-state index is 5.22. The first-order valence-corrected chi connectivity index (χ1v) is 6.87. The monoisotopic (exact) mass is 329 g/mol. The van der Waals surface area contributed by atoms with Crippen molar-refractivity contribution in [2.24, 2.45) is 0 Å². The minimum absolute atomic E-state index is 0.768. The summed E-state index contributed by atoms with van der Waals surface area (Å²) in [6.07, 6.45) is 1.55. The Hall–Kier alpha value is -2.14. The Labute approximate surface area is 125 Å². The van der Waals surface area contributed by atoms with E-state index in [1.54, 1.807) is 13.4 Å². The number of hydrogen-bond donors (Lipinski definition) is 1. The molecule has 0 atom stereocenters. The highest BCUT2D eigenvalue weighted by Gasteiger charge is 2.05. The molecule has 0 unspecified atom stereocenters. The van der Waals surface area contributed by atoms with Gasteiger partial charge in [-0.25, -0.2) is 9.97 Å². The molecule has 0 aliphatic carbocycles. The molecule has 0 bridgehead atoms. The largest absolute Gasteiger partial charge is 0.497 e. The van der Waals surface area contributed by atoms with Crippen molar-refractivity contribution in [1.82, 2.24) is 9.97 Å². The molecule has 0 saturated heterocycles. The molecule has 0 aliphatic rings. The molecule has 3 rings (SSSR count). The molecule has 5 heteroatoms. The summed E-state index contributed by atoms with van der Waals surface area (Å²) in [7, 11) is 1.65. The Kier molecular flexibility index (Phi) is 3.52. The summed E-state index contributed by atoms with van der Waals surface area (Å²) in [4.78, 5) is 8.58. The van der Waals surface area contributed by atoms with Crippen LogP contribution in [0, 0.1) is 0 Å². The van der Waals surface area contributed by atoms with E-state index in [9.17, 15) is 0 Å². The number of methoxy groups -OCH3 is 1. The van der Waals surface area contributed by atoms with Gasteiger partial charge < -0.3 is 10.1 Å². The predicted molar refractivity (Wildman–Crippen MR) is 83.5 cm³/mol. The minimum Gasteiger partial charge on any atom is -0.497 e. The summed E-state index contributed by atoms with van der Waals surface area (Å²) in [6, 6.07) is 13.6. The van der Waals surface area contributed by atoms with Crippen molar-refractivity contribution in [3.8, 4) is 5.75 Å². The van der Waals surface area contributed by atoms with Crippen molar-refractivity contribution >= 4 is 38.3 Å². The molecule has 1 aromatic heterocycles. The summed E-state index contributed by atoms with van der Waals surface area (Å²) < 4.78 is 6.21. The van der Waals surface area contributed by atoms with Gasteiger partial charge in [0.15, 0.2) is 0 Å². The second-order valence-corrected chi connectivity index (χ2v) is 5.16. The molecule has 1 heterocycles. The topological polar surface area (TPSA) is 47.0 Å². The third-order valence-corrected chi connectivity index (χ3v) is 3.42. The lowest BCUT2D eigenvalue weighted by Crippen LogP contribution is -1.96. The standard InChI is InChI=1S/C15H12BrN3O/c1-20-12-4-2-3-11(8-12)19-15-13-7-10(16)5-6-14(13)17-9-18-15/h2-9H,1H3,(H,17,18,19). The van der Waals surface area contributed by atoms with E-state index in [0.29, 0.717) is 0 Å². The van der Waals surface area contributed by atoms with Crippen molar-refractivity contribution in [2.45, 2.75) is 0 Å². The van der Waals surface area contributed by atoms with E-state index in [0.717, 1.165) is 32.6 Å². The number of ether oxygens (including phenoxy) is 1. The first-order chi connectivity index (χ1) is 9.76. The highest BCUT2D eigenvalue weighted by atomic mass is 79.9. The van der Waals surface area contributed by atoms with E-state index in [1.807, 2.05) is 42.5 Å². The molecular formula is C15H12BrN3O. The van der Waals surface area contributed by atoms with Gasteiger partial charge in [0.2, 0.25) is 0 Å². The van der Waals surface area contributed by atoms with Crippen molar-refractivity contribution in [3.63, 3.8) is 0 Å². The zero-order valence-electron chi connectivity index (χ0n) is 10.8. The van der Waals surface area contributed by atoms with Crippen molar-refractivity contribution in [3.05, 3.63) is 53.3 Å². The van der Waals surface area contributed by atoms with Crippen LogP contribution in [0.15, 0.2) is 53.3 Å². The maximum Gasteiger partial charge on any atom is 0.141 e. The van der Waals surface area contributed by atoms with Gasteiger partial charge in [-0.05, 0) is 30.3 Å². The summed E-state index contributed by atoms with van der Waals surface area (Å²) >= 11 is 3.47. The zero-order chi connectivity index (χ0) is 13.9. The van der Waals surface area contributed by atoms with Crippen LogP contribution in [0.5, 0.6) is 5.75 Å². The number of aromatic nitrogens is 2. The SMILES string of the molecule is COc1cccc(Nc2ncnc3ccc(Br)cc23)c1. The minimum atomic E-state index is 0.768. The average molecular weight is 330 g/mol. The van der Waals surface area contributed by atoms with E-state index < -0.39 is 0 Å². The Morgan fingerprint density at radius 2 is 2.00 bits per heavy atom. The lowest BCUT2D eigenvalue weighted by atomic mass is 10.2. The number of halogens is 1. The predicted octanol–water partition coefficient (Wildman–Crippen LogP) is 4.14. The number of benzene rings is 2. The molecule has 0 fully saturated rings. The maximum absolute atomic E-state index is 5.22. The molecule has 0 saturated carbocycles. The fourth-order valence-corrected chi connectivity index (χ4v) is 2.33.